The maximum Gasteiger partial charge on any atom is -0.0296 e. The fraction of sp³-hybridized carbons (Fsp3) is 1.00. The Morgan fingerprint density at radius 3 is 0.750 bits per heavy atom. The van der Waals surface area contributed by atoms with Gasteiger partial charge in [-0.15, -0.1) is 17.2 Å². The monoisotopic (exact) mass is 212 g/mol. The summed E-state index contributed by atoms with van der Waals surface area (Å²) in [7, 11) is 2.23. The quantitative estimate of drug-likeness (QED) is 0.583. The summed E-state index contributed by atoms with van der Waals surface area (Å²) in [6.07, 6.45) is 0. The molecule has 0 aliphatic carbocycles. The highest BCUT2D eigenvalue weighted by molar-refractivity contribution is 7.38. The van der Waals surface area contributed by atoms with Gasteiger partial charge in [-0.3, -0.25) is 0 Å². The van der Waals surface area contributed by atoms with Gasteiger partial charge in [-0.25, -0.2) is 0 Å². The van der Waals surface area contributed by atoms with Gasteiger partial charge in [-0.1, -0.05) is 42.5 Å². The van der Waals surface area contributed by atoms with Gasteiger partial charge >= 0.3 is 0 Å². The van der Waals surface area contributed by atoms with E-state index in [2.05, 4.69) is 41.0 Å². The van der Waals surface area contributed by atoms with E-state index in [-0.39, 0.29) is 14.9 Å². The molecule has 12 heavy (non-hydrogen) atoms. The molecule has 0 heterocycles. The molecule has 0 aromatic carbocycles. The Kier molecular flexibility index (Phi) is 34.2. The fourth-order valence-electron chi connectivity index (χ4n) is 0. The molecule has 80 valence electrons. The molecule has 0 nitrogen and oxygen atoms in total. The van der Waals surface area contributed by atoms with E-state index in [9.17, 15) is 0 Å². The molecule has 0 saturated heterocycles. The average molecular weight is 212 g/mol. The third-order valence-electron chi connectivity index (χ3n) is 1.15. The molecule has 0 aliphatic rings. The van der Waals surface area contributed by atoms with Gasteiger partial charge in [-0.05, 0) is 24.6 Å². The van der Waals surface area contributed by atoms with Gasteiger partial charge in [-0.2, -0.15) is 0 Å². The van der Waals surface area contributed by atoms with Crippen molar-refractivity contribution in [3.63, 3.8) is 0 Å². The van der Waals surface area contributed by atoms with Crippen LogP contribution in [0, 0.1) is 0 Å². The molecular formula is C10H30P2. The topological polar surface area (TPSA) is 0 Å². The Balaban J connectivity index is -0.0000000457. The molecule has 0 saturated carbocycles. The van der Waals surface area contributed by atoms with E-state index in [0.717, 1.165) is 28.5 Å². The van der Waals surface area contributed by atoms with E-state index in [4.69, 9.17) is 0 Å². The van der Waals surface area contributed by atoms with Gasteiger partial charge in [0.25, 0.3) is 0 Å². The second-order valence-electron chi connectivity index (χ2n) is 2.89. The number of hydrogen-bond donors (Lipinski definition) is 0. The van der Waals surface area contributed by atoms with Crippen LogP contribution in [-0.2, 0) is 0 Å². The predicted molar refractivity (Wildman–Crippen MR) is 72.2 cm³/mol. The lowest BCUT2D eigenvalue weighted by atomic mass is 10.6. The Morgan fingerprint density at radius 2 is 0.750 bits per heavy atom. The van der Waals surface area contributed by atoms with Gasteiger partial charge in [0.2, 0.25) is 0 Å². The molecule has 0 aromatic rings. The molecular weight excluding hydrogens is 182 g/mol. The summed E-state index contributed by atoms with van der Waals surface area (Å²) in [6, 6.07) is 0. The first-order chi connectivity index (χ1) is 4.54. The highest BCUT2D eigenvalue weighted by atomic mass is 31.1. The molecule has 0 radical (unpaired) electrons. The summed E-state index contributed by atoms with van der Waals surface area (Å²) in [5, 5.41) is 0. The van der Waals surface area contributed by atoms with E-state index in [1.807, 2.05) is 0 Å². The Labute approximate surface area is 84.9 Å². The standard InChI is InChI=1S/2C4H11P.2CH4/c2*1-4(2)5-3;;/h2*4-5H,1-3H3;2*1H4. The lowest BCUT2D eigenvalue weighted by Gasteiger charge is -1.91. The zero-order chi connectivity index (χ0) is 8.57. The van der Waals surface area contributed by atoms with Crippen LogP contribution in [0.25, 0.3) is 0 Å². The Hall–Kier alpha value is 0.860. The van der Waals surface area contributed by atoms with Crippen LogP contribution >= 0.6 is 17.2 Å². The third kappa shape index (κ3) is 44.7. The summed E-state index contributed by atoms with van der Waals surface area (Å²) in [4.78, 5) is 0. The van der Waals surface area contributed by atoms with E-state index in [0.29, 0.717) is 0 Å². The van der Waals surface area contributed by atoms with Crippen molar-refractivity contribution in [3.05, 3.63) is 0 Å². The molecule has 0 bridgehead atoms. The second kappa shape index (κ2) is 17.8. The largest absolute Gasteiger partial charge is 0.123 e. The normalized spacial score (nSPS) is 10.0. The summed E-state index contributed by atoms with van der Waals surface area (Å²) < 4.78 is 0. The molecule has 0 spiro atoms. The van der Waals surface area contributed by atoms with Crippen LogP contribution in [0.4, 0.5) is 0 Å². The van der Waals surface area contributed by atoms with Crippen LogP contribution in [0.3, 0.4) is 0 Å². The summed E-state index contributed by atoms with van der Waals surface area (Å²) in [5.74, 6) is 0. The molecule has 0 rings (SSSR count). The SMILES string of the molecule is C.C.CPC(C)C.CPC(C)C. The van der Waals surface area contributed by atoms with Gasteiger partial charge in [0.1, 0.15) is 0 Å². The summed E-state index contributed by atoms with van der Waals surface area (Å²) in [5.41, 5.74) is 1.82. The molecule has 0 fully saturated rings. The van der Waals surface area contributed by atoms with E-state index >= 15 is 0 Å². The maximum absolute atomic E-state index is 2.23. The lowest BCUT2D eigenvalue weighted by Crippen LogP contribution is -1.76. The van der Waals surface area contributed by atoms with Gasteiger partial charge in [0.15, 0.2) is 0 Å². The van der Waals surface area contributed by atoms with Crippen molar-refractivity contribution in [2.45, 2.75) is 53.9 Å². The summed E-state index contributed by atoms with van der Waals surface area (Å²) in [6.45, 7) is 13.4. The van der Waals surface area contributed by atoms with Crippen LogP contribution in [0.5, 0.6) is 0 Å². The minimum absolute atomic E-state index is 0. The fourth-order valence-corrected chi connectivity index (χ4v) is 0. The van der Waals surface area contributed by atoms with Crippen molar-refractivity contribution in [2.75, 3.05) is 13.3 Å². The molecule has 0 aromatic heterocycles. The molecule has 2 heteroatoms. The molecule has 2 unspecified atom stereocenters. The van der Waals surface area contributed by atoms with Gasteiger partial charge < -0.3 is 0 Å². The first-order valence-corrected chi connectivity index (χ1v) is 7.04. The van der Waals surface area contributed by atoms with Crippen LogP contribution < -0.4 is 0 Å². The van der Waals surface area contributed by atoms with Crippen LogP contribution in [-0.4, -0.2) is 24.6 Å². The van der Waals surface area contributed by atoms with Crippen molar-refractivity contribution in [3.8, 4) is 0 Å². The van der Waals surface area contributed by atoms with Crippen molar-refractivity contribution < 1.29 is 0 Å². The number of hydrogen-bond acceptors (Lipinski definition) is 0. The lowest BCUT2D eigenvalue weighted by molar-refractivity contribution is 1.11. The maximum atomic E-state index is 2.23. The molecule has 0 aliphatic heterocycles. The zero-order valence-corrected chi connectivity index (χ0v) is 10.2. The van der Waals surface area contributed by atoms with Crippen molar-refractivity contribution in [1.29, 1.82) is 0 Å². The second-order valence-corrected chi connectivity index (χ2v) is 6.35. The van der Waals surface area contributed by atoms with E-state index < -0.39 is 0 Å². The minimum atomic E-state index is 0. The Morgan fingerprint density at radius 1 is 0.667 bits per heavy atom. The first kappa shape index (κ1) is 23.0. The first-order valence-electron chi connectivity index (χ1n) is 3.89. The van der Waals surface area contributed by atoms with Crippen molar-refractivity contribution >= 4 is 17.2 Å². The third-order valence-corrected chi connectivity index (χ3v) is 3.46. The Bertz CT molecular complexity index is 43.8. The van der Waals surface area contributed by atoms with Crippen LogP contribution in [0.1, 0.15) is 42.5 Å². The molecule has 0 N–H and O–H groups in total. The average Bonchev–Trinajstić information content (AvgIpc) is 1.89. The van der Waals surface area contributed by atoms with E-state index in [1.54, 1.807) is 0 Å². The molecule has 2 atom stereocenters. The number of rotatable bonds is 2. The molecule has 0 amide bonds. The van der Waals surface area contributed by atoms with Gasteiger partial charge in [0.05, 0.1) is 0 Å². The predicted octanol–water partition coefficient (Wildman–Crippen LogP) is 4.68. The van der Waals surface area contributed by atoms with Gasteiger partial charge in [0, 0.05) is 0 Å². The van der Waals surface area contributed by atoms with E-state index in [1.165, 1.54) is 0 Å². The highest BCUT2D eigenvalue weighted by Gasteiger charge is 1.79. The smallest absolute Gasteiger partial charge is 0.0296 e. The van der Waals surface area contributed by atoms with Crippen molar-refractivity contribution in [1.82, 2.24) is 0 Å². The minimum Gasteiger partial charge on any atom is -0.123 e. The van der Waals surface area contributed by atoms with Crippen molar-refractivity contribution in [2.24, 2.45) is 0 Å². The zero-order valence-electron chi connectivity index (χ0n) is 8.15. The van der Waals surface area contributed by atoms with Crippen LogP contribution in [0.15, 0.2) is 0 Å². The summed E-state index contributed by atoms with van der Waals surface area (Å²) >= 11 is 0. The van der Waals surface area contributed by atoms with Crippen LogP contribution in [0.2, 0.25) is 0 Å². The highest BCUT2D eigenvalue weighted by Crippen LogP contribution is 2.09.